The Morgan fingerprint density at radius 2 is 1.92 bits per heavy atom. The summed E-state index contributed by atoms with van der Waals surface area (Å²) in [6.07, 6.45) is 10.4. The number of aromatic nitrogens is 1. The van der Waals surface area contributed by atoms with Crippen molar-refractivity contribution in [3.05, 3.63) is 65.9 Å². The number of nitrogens with zero attached hydrogens (tertiary/aromatic N) is 3. The normalized spacial score (nSPS) is 22.4. The number of aliphatic hydroxyl groups is 1. The number of oxazole rings is 1. The predicted molar refractivity (Wildman–Crippen MR) is 147 cm³/mol. The summed E-state index contributed by atoms with van der Waals surface area (Å²) < 4.78 is 6.14. The van der Waals surface area contributed by atoms with Gasteiger partial charge in [-0.1, -0.05) is 31.0 Å². The molecular weight excluding hydrogens is 460 g/mol. The highest BCUT2D eigenvalue weighted by atomic mass is 16.4. The monoisotopic (exact) mass is 498 g/mol. The van der Waals surface area contributed by atoms with Crippen LogP contribution in [0.3, 0.4) is 0 Å². The summed E-state index contributed by atoms with van der Waals surface area (Å²) in [7, 11) is 0. The second-order valence-corrected chi connectivity index (χ2v) is 11.3. The first-order valence-corrected chi connectivity index (χ1v) is 13.7. The second-order valence-electron chi connectivity index (χ2n) is 11.3. The molecule has 2 aliphatic rings. The van der Waals surface area contributed by atoms with Crippen molar-refractivity contribution >= 4 is 11.7 Å². The van der Waals surface area contributed by atoms with Crippen LogP contribution in [0.4, 0.5) is 11.7 Å². The van der Waals surface area contributed by atoms with Crippen LogP contribution < -0.4 is 10.2 Å². The van der Waals surface area contributed by atoms with Crippen LogP contribution in [-0.4, -0.2) is 29.2 Å². The van der Waals surface area contributed by atoms with Gasteiger partial charge in [0.15, 0.2) is 5.76 Å². The van der Waals surface area contributed by atoms with E-state index < -0.39 is 5.60 Å². The summed E-state index contributed by atoms with van der Waals surface area (Å²) >= 11 is 0. The van der Waals surface area contributed by atoms with E-state index >= 15 is 0 Å². The number of benzene rings is 2. The average molecular weight is 499 g/mol. The number of anilines is 2. The summed E-state index contributed by atoms with van der Waals surface area (Å²) in [5.74, 6) is 1.99. The van der Waals surface area contributed by atoms with Gasteiger partial charge in [0.05, 0.1) is 23.4 Å². The van der Waals surface area contributed by atoms with Crippen LogP contribution in [0.5, 0.6) is 0 Å². The molecule has 1 aliphatic carbocycles. The molecule has 0 unspecified atom stereocenters. The highest BCUT2D eigenvalue weighted by Crippen LogP contribution is 2.36. The van der Waals surface area contributed by atoms with Gasteiger partial charge in [-0.15, -0.1) is 0 Å². The van der Waals surface area contributed by atoms with Crippen LogP contribution in [0.15, 0.2) is 59.1 Å². The molecule has 5 rings (SSSR count). The van der Waals surface area contributed by atoms with E-state index in [0.29, 0.717) is 35.2 Å². The second kappa shape index (κ2) is 11.0. The highest BCUT2D eigenvalue weighted by Gasteiger charge is 2.31. The van der Waals surface area contributed by atoms with Crippen molar-refractivity contribution in [1.29, 1.82) is 5.26 Å². The molecule has 2 heterocycles. The molecule has 2 fully saturated rings. The van der Waals surface area contributed by atoms with Crippen molar-refractivity contribution in [2.45, 2.75) is 70.4 Å². The fourth-order valence-electron chi connectivity index (χ4n) is 6.03. The Balaban J connectivity index is 1.23. The molecule has 0 amide bonds. The van der Waals surface area contributed by atoms with Gasteiger partial charge in [0.1, 0.15) is 0 Å². The maximum absolute atomic E-state index is 10.4. The SMILES string of the molecule is CC(C)(O)c1cccc(-c2cnc(N[C@@H]3CCCC[C@H]3C[C@H]3CCCN(c4ccc(C#N)cc4)C3)o2)c1. The van der Waals surface area contributed by atoms with Crippen molar-refractivity contribution in [2.24, 2.45) is 11.8 Å². The van der Waals surface area contributed by atoms with Crippen LogP contribution in [0, 0.1) is 23.2 Å². The van der Waals surface area contributed by atoms with Gasteiger partial charge in [0.2, 0.25) is 0 Å². The number of nitrogens with one attached hydrogen (secondary N) is 1. The van der Waals surface area contributed by atoms with Crippen LogP contribution in [0.1, 0.15) is 69.9 Å². The average Bonchev–Trinajstić information content (AvgIpc) is 3.38. The van der Waals surface area contributed by atoms with E-state index in [4.69, 9.17) is 9.68 Å². The van der Waals surface area contributed by atoms with Crippen molar-refractivity contribution in [2.75, 3.05) is 23.3 Å². The topological polar surface area (TPSA) is 85.3 Å². The lowest BCUT2D eigenvalue weighted by atomic mass is 9.77. The Morgan fingerprint density at radius 3 is 2.70 bits per heavy atom. The molecule has 2 aromatic carbocycles. The van der Waals surface area contributed by atoms with E-state index in [9.17, 15) is 5.11 Å². The third kappa shape index (κ3) is 6.17. The van der Waals surface area contributed by atoms with Crippen LogP contribution in [-0.2, 0) is 5.60 Å². The van der Waals surface area contributed by atoms with Crippen molar-refractivity contribution in [3.8, 4) is 17.4 Å². The zero-order chi connectivity index (χ0) is 25.8. The molecule has 1 saturated carbocycles. The third-order valence-electron chi connectivity index (χ3n) is 8.09. The van der Waals surface area contributed by atoms with Crippen LogP contribution in [0.2, 0.25) is 0 Å². The summed E-state index contributed by atoms with van der Waals surface area (Å²) in [5.41, 5.74) is 2.81. The summed E-state index contributed by atoms with van der Waals surface area (Å²) in [5, 5.41) is 23.1. The minimum absolute atomic E-state index is 0.369. The molecule has 6 heteroatoms. The Hall–Kier alpha value is -3.30. The first kappa shape index (κ1) is 25.4. The molecule has 37 heavy (non-hydrogen) atoms. The van der Waals surface area contributed by atoms with Gasteiger partial charge in [-0.05, 0) is 93.7 Å². The molecule has 194 valence electrons. The van der Waals surface area contributed by atoms with E-state index in [1.54, 1.807) is 20.0 Å². The molecule has 1 saturated heterocycles. The minimum atomic E-state index is -0.902. The van der Waals surface area contributed by atoms with Crippen molar-refractivity contribution in [1.82, 2.24) is 4.98 Å². The highest BCUT2D eigenvalue weighted by molar-refractivity contribution is 5.59. The Labute approximate surface area is 220 Å². The number of nitriles is 1. The van der Waals surface area contributed by atoms with Gasteiger partial charge in [0.25, 0.3) is 6.01 Å². The zero-order valence-electron chi connectivity index (χ0n) is 22.0. The number of hydrogen-bond donors (Lipinski definition) is 2. The van der Waals surface area contributed by atoms with Crippen LogP contribution >= 0.6 is 0 Å². The third-order valence-corrected chi connectivity index (χ3v) is 8.09. The molecule has 1 aliphatic heterocycles. The molecule has 0 spiro atoms. The molecular formula is C31H38N4O2. The smallest absolute Gasteiger partial charge is 0.295 e. The summed E-state index contributed by atoms with van der Waals surface area (Å²) in [4.78, 5) is 7.04. The maximum Gasteiger partial charge on any atom is 0.295 e. The largest absolute Gasteiger partial charge is 0.424 e. The predicted octanol–water partition coefficient (Wildman–Crippen LogP) is 6.72. The van der Waals surface area contributed by atoms with Gasteiger partial charge < -0.3 is 19.7 Å². The van der Waals surface area contributed by atoms with Crippen molar-refractivity contribution < 1.29 is 9.52 Å². The van der Waals surface area contributed by atoms with Gasteiger partial charge in [-0.25, -0.2) is 4.98 Å². The molecule has 1 aromatic heterocycles. The maximum atomic E-state index is 10.4. The molecule has 3 atom stereocenters. The van der Waals surface area contributed by atoms with Gasteiger partial charge in [-0.2, -0.15) is 5.26 Å². The number of rotatable bonds is 7. The van der Waals surface area contributed by atoms with E-state index in [0.717, 1.165) is 30.6 Å². The Kier molecular flexibility index (Phi) is 7.53. The van der Waals surface area contributed by atoms with Gasteiger partial charge >= 0.3 is 0 Å². The lowest BCUT2D eigenvalue weighted by Gasteiger charge is -2.39. The van der Waals surface area contributed by atoms with Gasteiger partial charge in [0, 0.05) is 30.4 Å². The van der Waals surface area contributed by atoms with E-state index in [1.165, 1.54) is 44.2 Å². The van der Waals surface area contributed by atoms with E-state index in [1.807, 2.05) is 36.4 Å². The first-order chi connectivity index (χ1) is 17.9. The summed E-state index contributed by atoms with van der Waals surface area (Å²) in [6.45, 7) is 5.75. The van der Waals surface area contributed by atoms with E-state index in [-0.39, 0.29) is 0 Å². The standard InChI is InChI=1S/C31H38N4O2/c1-31(2,36)26-10-5-9-25(18-26)29-20-33-30(37-29)34-28-11-4-3-8-24(28)17-23-7-6-16-35(21-23)27-14-12-22(19-32)13-15-27/h5,9-10,12-15,18,20,23-24,28,36H,3-4,6-8,11,16-17,21H2,1-2H3,(H,33,34)/t23-,24+,28-/m1/s1. The Bertz CT molecular complexity index is 1220. The molecule has 2 N–H and O–H groups in total. The van der Waals surface area contributed by atoms with Crippen LogP contribution in [0.25, 0.3) is 11.3 Å². The van der Waals surface area contributed by atoms with E-state index in [2.05, 4.69) is 33.4 Å². The molecule has 6 nitrogen and oxygen atoms in total. The number of piperidine rings is 1. The fourth-order valence-corrected chi connectivity index (χ4v) is 6.03. The van der Waals surface area contributed by atoms with Crippen molar-refractivity contribution in [3.63, 3.8) is 0 Å². The lowest BCUT2D eigenvalue weighted by molar-refractivity contribution is 0.0786. The fraction of sp³-hybridized carbons (Fsp3) is 0.484. The lowest BCUT2D eigenvalue weighted by Crippen LogP contribution is -2.39. The first-order valence-electron chi connectivity index (χ1n) is 13.7. The molecule has 0 radical (unpaired) electrons. The Morgan fingerprint density at radius 1 is 1.11 bits per heavy atom. The number of hydrogen-bond acceptors (Lipinski definition) is 6. The van der Waals surface area contributed by atoms with Gasteiger partial charge in [-0.3, -0.25) is 0 Å². The zero-order valence-corrected chi connectivity index (χ0v) is 22.0. The minimum Gasteiger partial charge on any atom is -0.424 e. The quantitative estimate of drug-likeness (QED) is 0.376. The molecule has 0 bridgehead atoms. The summed E-state index contributed by atoms with van der Waals surface area (Å²) in [6, 6.07) is 19.0. The molecule has 3 aromatic rings.